The summed E-state index contributed by atoms with van der Waals surface area (Å²) in [5, 5.41) is 27.5. The molecule has 10 nitrogen and oxygen atoms in total. The number of carbonyl (C=O) groups is 2. The van der Waals surface area contributed by atoms with Crippen LogP contribution in [0.1, 0.15) is 57.7 Å². The van der Waals surface area contributed by atoms with E-state index in [1.54, 1.807) is 23.1 Å². The van der Waals surface area contributed by atoms with E-state index in [0.717, 1.165) is 23.1 Å². The summed E-state index contributed by atoms with van der Waals surface area (Å²) in [5.41, 5.74) is 8.24. The highest BCUT2D eigenvalue weighted by atomic mass is 19.1. The first-order chi connectivity index (χ1) is 17.9. The number of amides is 2. The average Bonchev–Trinajstić information content (AvgIpc) is 3.59. The zero-order valence-corrected chi connectivity index (χ0v) is 20.2. The van der Waals surface area contributed by atoms with Crippen molar-refractivity contribution >= 4 is 11.8 Å². The average molecular weight is 503 g/mol. The first-order valence-electron chi connectivity index (χ1n) is 12.3. The Bertz CT molecular complexity index is 1370. The van der Waals surface area contributed by atoms with Gasteiger partial charge in [-0.25, -0.2) is 4.39 Å². The fourth-order valence-corrected chi connectivity index (χ4v) is 5.66. The van der Waals surface area contributed by atoms with Crippen LogP contribution in [0.25, 0.3) is 0 Å². The second-order valence-electron chi connectivity index (χ2n) is 9.48. The minimum atomic E-state index is -1.05. The van der Waals surface area contributed by atoms with Crippen LogP contribution in [0.5, 0.6) is 0 Å². The number of nitrogens with two attached hydrogens (primary N) is 1. The summed E-state index contributed by atoms with van der Waals surface area (Å²) in [6.45, 7) is 0.980. The van der Waals surface area contributed by atoms with Crippen molar-refractivity contribution in [1.29, 1.82) is 5.26 Å². The summed E-state index contributed by atoms with van der Waals surface area (Å²) < 4.78 is 14.7. The lowest BCUT2D eigenvalue weighted by Crippen LogP contribution is -2.42. The highest BCUT2D eigenvalue weighted by Gasteiger charge is 2.44. The lowest BCUT2D eigenvalue weighted by molar-refractivity contribution is -0.130. The minimum absolute atomic E-state index is 0.0602. The Balaban J connectivity index is 1.54. The normalized spacial score (nSPS) is 20.5. The Morgan fingerprint density at radius 3 is 2.68 bits per heavy atom. The number of rotatable bonds is 7. The van der Waals surface area contributed by atoms with Crippen LogP contribution in [0.15, 0.2) is 36.4 Å². The van der Waals surface area contributed by atoms with Gasteiger partial charge in [0, 0.05) is 12.1 Å². The maximum atomic E-state index is 14.7. The van der Waals surface area contributed by atoms with Gasteiger partial charge in [0.25, 0.3) is 0 Å². The fraction of sp³-hybridized carbons (Fsp3) is 0.385. The number of aromatic nitrogens is 4. The van der Waals surface area contributed by atoms with E-state index in [1.807, 2.05) is 6.07 Å². The van der Waals surface area contributed by atoms with Crippen molar-refractivity contribution in [3.05, 3.63) is 75.9 Å². The number of hydrogen-bond acceptors (Lipinski definition) is 7. The number of tetrazole rings is 1. The number of carbonyl (C=O) groups excluding carboxylic acids is 2. The van der Waals surface area contributed by atoms with Crippen LogP contribution in [0.3, 0.4) is 0 Å². The van der Waals surface area contributed by atoms with Crippen molar-refractivity contribution in [1.82, 2.24) is 30.8 Å². The molecule has 4 N–H and O–H groups in total. The molecule has 2 aromatic carbocycles. The van der Waals surface area contributed by atoms with Crippen molar-refractivity contribution in [3.63, 3.8) is 0 Å². The maximum absolute atomic E-state index is 14.7. The Hall–Kier alpha value is -4.17. The predicted octanol–water partition coefficient (Wildman–Crippen LogP) is 1.36. The molecule has 2 amide bonds. The van der Waals surface area contributed by atoms with Crippen molar-refractivity contribution in [3.8, 4) is 6.07 Å². The van der Waals surface area contributed by atoms with Gasteiger partial charge in [0.15, 0.2) is 5.82 Å². The van der Waals surface area contributed by atoms with E-state index in [-0.39, 0.29) is 12.5 Å². The molecule has 2 aliphatic rings. The molecule has 1 aliphatic heterocycles. The number of likely N-dealkylation sites (tertiary alicyclic amines) is 1. The van der Waals surface area contributed by atoms with Gasteiger partial charge >= 0.3 is 0 Å². The summed E-state index contributed by atoms with van der Waals surface area (Å²) in [4.78, 5) is 26.5. The smallest absolute Gasteiger partial charge is 0.248 e. The second-order valence-corrected chi connectivity index (χ2v) is 9.48. The molecule has 1 unspecified atom stereocenters. The second kappa shape index (κ2) is 10.1. The standard InChI is InChI=1S/C26H27FN8O2/c27-19-8-7-17-4-3-16-5-6-18(24(29)37)12-21(16)26(22(17)13-19,25-31-33-34-32-25)9-10-30-15-23(36)35-11-1-2-20(35)14-28/h5-8,12-13,20,30H,1-4,9-11,15H2,(H2,29,37)(H,31,32,33,34)/t20-,26?/m0/s1. The maximum Gasteiger partial charge on any atom is 0.248 e. The molecule has 2 atom stereocenters. The van der Waals surface area contributed by atoms with E-state index in [1.165, 1.54) is 12.1 Å². The molecule has 2 heterocycles. The number of aryl methyl sites for hydroxylation is 2. The molecule has 1 aromatic heterocycles. The molecule has 0 spiro atoms. The number of benzene rings is 2. The van der Waals surface area contributed by atoms with Gasteiger partial charge in [-0.2, -0.15) is 10.5 Å². The van der Waals surface area contributed by atoms with Gasteiger partial charge < -0.3 is 16.0 Å². The van der Waals surface area contributed by atoms with Crippen LogP contribution < -0.4 is 11.1 Å². The zero-order chi connectivity index (χ0) is 26.0. The van der Waals surface area contributed by atoms with E-state index >= 15 is 0 Å². The number of nitrogens with one attached hydrogen (secondary N) is 2. The fourth-order valence-electron chi connectivity index (χ4n) is 5.66. The van der Waals surface area contributed by atoms with Gasteiger partial charge in [-0.3, -0.25) is 9.59 Å². The molecule has 1 saturated heterocycles. The van der Waals surface area contributed by atoms with E-state index in [9.17, 15) is 19.2 Å². The first kappa shape index (κ1) is 24.5. The molecule has 37 heavy (non-hydrogen) atoms. The van der Waals surface area contributed by atoms with Gasteiger partial charge in [-0.05, 0) is 85.2 Å². The Labute approximate surface area is 213 Å². The molecule has 0 bridgehead atoms. The molecular formula is C26H27FN8O2. The van der Waals surface area contributed by atoms with Crippen LogP contribution in [0.4, 0.5) is 4.39 Å². The number of fused-ring (bicyclic) bond motifs is 2. The van der Waals surface area contributed by atoms with Gasteiger partial charge in [-0.1, -0.05) is 17.3 Å². The van der Waals surface area contributed by atoms with Gasteiger partial charge in [0.05, 0.1) is 18.0 Å². The van der Waals surface area contributed by atoms with E-state index in [2.05, 4.69) is 32.0 Å². The zero-order valence-electron chi connectivity index (χ0n) is 20.2. The van der Waals surface area contributed by atoms with Crippen molar-refractivity contribution in [2.45, 2.75) is 43.6 Å². The molecule has 5 rings (SSSR count). The summed E-state index contributed by atoms with van der Waals surface area (Å²) in [6.07, 6.45) is 3.18. The minimum Gasteiger partial charge on any atom is -0.366 e. The quantitative estimate of drug-likeness (QED) is 0.412. The molecule has 11 heteroatoms. The Morgan fingerprint density at radius 1 is 1.22 bits per heavy atom. The number of nitriles is 1. The monoisotopic (exact) mass is 502 g/mol. The predicted molar refractivity (Wildman–Crippen MR) is 131 cm³/mol. The number of hydrogen-bond donors (Lipinski definition) is 3. The molecule has 0 radical (unpaired) electrons. The number of primary amides is 1. The summed E-state index contributed by atoms with van der Waals surface area (Å²) in [6, 6.07) is 11.8. The molecule has 0 saturated carbocycles. The highest BCUT2D eigenvalue weighted by Crippen LogP contribution is 2.46. The van der Waals surface area contributed by atoms with Crippen LogP contribution in [-0.2, 0) is 23.1 Å². The summed E-state index contributed by atoms with van der Waals surface area (Å²) in [5.74, 6) is -0.779. The topological polar surface area (TPSA) is 154 Å². The van der Waals surface area contributed by atoms with E-state index in [0.29, 0.717) is 55.7 Å². The number of H-pyrrole nitrogens is 1. The van der Waals surface area contributed by atoms with Crippen molar-refractivity contribution in [2.75, 3.05) is 19.6 Å². The summed E-state index contributed by atoms with van der Waals surface area (Å²) >= 11 is 0. The van der Waals surface area contributed by atoms with Crippen LogP contribution >= 0.6 is 0 Å². The van der Waals surface area contributed by atoms with Crippen molar-refractivity contribution in [2.24, 2.45) is 5.73 Å². The molecule has 1 fully saturated rings. The van der Waals surface area contributed by atoms with E-state index < -0.39 is 23.2 Å². The van der Waals surface area contributed by atoms with Gasteiger partial charge in [-0.15, -0.1) is 10.2 Å². The van der Waals surface area contributed by atoms with Crippen molar-refractivity contribution < 1.29 is 14.0 Å². The largest absolute Gasteiger partial charge is 0.366 e. The number of nitrogens with zero attached hydrogens (tertiary/aromatic N) is 5. The number of halogens is 1. The lowest BCUT2D eigenvalue weighted by Gasteiger charge is -2.34. The molecule has 3 aromatic rings. The SMILES string of the molecule is N#C[C@@H]1CCCN1C(=O)CNCCC1(c2nn[nH]n2)c2cc(F)ccc2CCc2ccc(C(N)=O)cc21. The van der Waals surface area contributed by atoms with Crippen LogP contribution in [0.2, 0.25) is 0 Å². The van der Waals surface area contributed by atoms with Crippen LogP contribution in [0, 0.1) is 17.1 Å². The highest BCUT2D eigenvalue weighted by molar-refractivity contribution is 5.93. The molecule has 190 valence electrons. The number of aromatic amines is 1. The molecular weight excluding hydrogens is 475 g/mol. The van der Waals surface area contributed by atoms with Crippen LogP contribution in [-0.4, -0.2) is 63.0 Å². The third-order valence-corrected chi connectivity index (χ3v) is 7.45. The van der Waals surface area contributed by atoms with Gasteiger partial charge in [0.1, 0.15) is 11.9 Å². The van der Waals surface area contributed by atoms with Gasteiger partial charge in [0.2, 0.25) is 11.8 Å². The third kappa shape index (κ3) is 4.44. The Kier molecular flexibility index (Phi) is 6.67. The molecule has 1 aliphatic carbocycles. The lowest BCUT2D eigenvalue weighted by atomic mass is 9.69. The third-order valence-electron chi connectivity index (χ3n) is 7.45. The summed E-state index contributed by atoms with van der Waals surface area (Å²) in [7, 11) is 0. The first-order valence-corrected chi connectivity index (χ1v) is 12.3. The van der Waals surface area contributed by atoms with E-state index in [4.69, 9.17) is 5.73 Å². The Morgan fingerprint density at radius 2 is 1.97 bits per heavy atom.